The predicted octanol–water partition coefficient (Wildman–Crippen LogP) is 0.944. The molecule has 2 aliphatic rings. The summed E-state index contributed by atoms with van der Waals surface area (Å²) in [4.78, 5) is 0. The Bertz CT molecular complexity index is 225. The summed E-state index contributed by atoms with van der Waals surface area (Å²) in [5.41, 5.74) is 2.35. The second-order valence-electron chi connectivity index (χ2n) is 2.31. The van der Waals surface area contributed by atoms with E-state index in [1.165, 1.54) is 5.57 Å². The maximum absolute atomic E-state index is 5.10. The zero-order valence-corrected chi connectivity index (χ0v) is 5.63. The van der Waals surface area contributed by atoms with Crippen molar-refractivity contribution in [1.82, 2.24) is 5.32 Å². The van der Waals surface area contributed by atoms with E-state index in [1.54, 1.807) is 6.26 Å². The summed E-state index contributed by atoms with van der Waals surface area (Å²) < 4.78 is 5.10. The average Bonchev–Trinajstić information content (AvgIpc) is 2.05. The first-order valence-corrected chi connectivity index (χ1v) is 3.39. The highest BCUT2D eigenvalue weighted by Crippen LogP contribution is 2.15. The molecule has 2 aliphatic heterocycles. The number of allylic oxidation sites excluding steroid dienone is 1. The highest BCUT2D eigenvalue weighted by Gasteiger charge is 2.08. The van der Waals surface area contributed by atoms with Crippen molar-refractivity contribution in [2.45, 2.75) is 0 Å². The molecule has 2 rings (SSSR count). The molecule has 2 heterocycles. The molecular formula is C8H9NO. The lowest BCUT2D eigenvalue weighted by Crippen LogP contribution is -2.20. The van der Waals surface area contributed by atoms with Gasteiger partial charge in [-0.1, -0.05) is 12.2 Å². The Labute approximate surface area is 59.9 Å². The quantitative estimate of drug-likeness (QED) is 0.533. The van der Waals surface area contributed by atoms with Crippen LogP contribution in [-0.4, -0.2) is 13.2 Å². The van der Waals surface area contributed by atoms with Crippen LogP contribution in [0.15, 0.2) is 35.8 Å². The summed E-state index contributed by atoms with van der Waals surface area (Å²) in [6, 6.07) is 0. The maximum atomic E-state index is 5.10. The Hall–Kier alpha value is -1.18. The molecule has 1 N–H and O–H groups in total. The lowest BCUT2D eigenvalue weighted by Gasteiger charge is -2.18. The van der Waals surface area contributed by atoms with Crippen molar-refractivity contribution < 1.29 is 4.74 Å². The van der Waals surface area contributed by atoms with Crippen molar-refractivity contribution in [3.63, 3.8) is 0 Å². The second kappa shape index (κ2) is 2.21. The van der Waals surface area contributed by atoms with Gasteiger partial charge in [-0.05, 0) is 11.6 Å². The van der Waals surface area contributed by atoms with Crippen LogP contribution in [0.2, 0.25) is 0 Å². The molecule has 0 amide bonds. The minimum Gasteiger partial charge on any atom is -0.495 e. The van der Waals surface area contributed by atoms with Gasteiger partial charge in [-0.15, -0.1) is 0 Å². The van der Waals surface area contributed by atoms with Gasteiger partial charge in [0.25, 0.3) is 0 Å². The van der Waals surface area contributed by atoms with E-state index in [2.05, 4.69) is 23.5 Å². The normalized spacial score (nSPS) is 21.6. The first kappa shape index (κ1) is 5.59. The minimum absolute atomic E-state index is 0.699. The Morgan fingerprint density at radius 2 is 2.50 bits per heavy atom. The van der Waals surface area contributed by atoms with Crippen molar-refractivity contribution in [3.8, 4) is 0 Å². The lowest BCUT2D eigenvalue weighted by atomic mass is 10.1. The molecule has 0 aromatic carbocycles. The molecule has 52 valence electrons. The van der Waals surface area contributed by atoms with Crippen molar-refractivity contribution in [2.24, 2.45) is 0 Å². The largest absolute Gasteiger partial charge is 0.495 e. The van der Waals surface area contributed by atoms with Crippen LogP contribution in [0.5, 0.6) is 0 Å². The Morgan fingerprint density at radius 3 is 3.40 bits per heavy atom. The molecule has 0 aliphatic carbocycles. The SMILES string of the molecule is C1=CC2=CCOC=C2NC1. The van der Waals surface area contributed by atoms with Crippen LogP contribution in [0.3, 0.4) is 0 Å². The Kier molecular flexibility index (Phi) is 1.24. The van der Waals surface area contributed by atoms with Gasteiger partial charge in [0, 0.05) is 6.54 Å². The van der Waals surface area contributed by atoms with Gasteiger partial charge >= 0.3 is 0 Å². The third kappa shape index (κ3) is 0.817. The first-order chi connectivity index (χ1) is 4.97. The summed E-state index contributed by atoms with van der Waals surface area (Å²) in [5.74, 6) is 0. The standard InChI is InChI=1S/C8H9NO/c1-2-7-3-5-10-6-8(7)9-4-1/h1-3,6,9H,4-5H2. The molecular weight excluding hydrogens is 126 g/mol. The topological polar surface area (TPSA) is 21.3 Å². The van der Waals surface area contributed by atoms with Crippen LogP contribution >= 0.6 is 0 Å². The number of rotatable bonds is 0. The van der Waals surface area contributed by atoms with Gasteiger partial charge in [0.15, 0.2) is 0 Å². The Balaban J connectivity index is 2.33. The van der Waals surface area contributed by atoms with Crippen LogP contribution in [0.25, 0.3) is 0 Å². The highest BCUT2D eigenvalue weighted by atomic mass is 16.5. The first-order valence-electron chi connectivity index (χ1n) is 3.39. The van der Waals surface area contributed by atoms with Crippen LogP contribution in [0.4, 0.5) is 0 Å². The van der Waals surface area contributed by atoms with E-state index < -0.39 is 0 Å². The molecule has 0 unspecified atom stereocenters. The molecule has 0 spiro atoms. The van der Waals surface area contributed by atoms with Crippen LogP contribution in [-0.2, 0) is 4.74 Å². The van der Waals surface area contributed by atoms with Crippen LogP contribution in [0.1, 0.15) is 0 Å². The van der Waals surface area contributed by atoms with Gasteiger partial charge in [0.1, 0.15) is 12.9 Å². The summed E-state index contributed by atoms with van der Waals surface area (Å²) in [6.45, 7) is 1.61. The smallest absolute Gasteiger partial charge is 0.107 e. The van der Waals surface area contributed by atoms with Gasteiger partial charge in [0.2, 0.25) is 0 Å². The molecule has 10 heavy (non-hydrogen) atoms. The molecule has 0 saturated heterocycles. The van der Waals surface area contributed by atoms with Crippen LogP contribution in [0, 0.1) is 0 Å². The second-order valence-corrected chi connectivity index (χ2v) is 2.31. The number of fused-ring (bicyclic) bond motifs is 1. The Morgan fingerprint density at radius 1 is 1.50 bits per heavy atom. The van der Waals surface area contributed by atoms with Gasteiger partial charge in [0.05, 0.1) is 5.70 Å². The van der Waals surface area contributed by atoms with Gasteiger partial charge in [-0.25, -0.2) is 0 Å². The summed E-state index contributed by atoms with van der Waals surface area (Å²) >= 11 is 0. The number of ether oxygens (including phenoxy) is 1. The zero-order chi connectivity index (χ0) is 6.81. The van der Waals surface area contributed by atoms with Crippen molar-refractivity contribution in [1.29, 1.82) is 0 Å². The van der Waals surface area contributed by atoms with Crippen molar-refractivity contribution in [2.75, 3.05) is 13.2 Å². The van der Waals surface area contributed by atoms with E-state index >= 15 is 0 Å². The molecule has 0 bridgehead atoms. The monoisotopic (exact) mass is 135 g/mol. The van der Waals surface area contributed by atoms with Gasteiger partial charge in [-0.2, -0.15) is 0 Å². The molecule has 2 nitrogen and oxygen atoms in total. The van der Waals surface area contributed by atoms with E-state index in [-0.39, 0.29) is 0 Å². The van der Waals surface area contributed by atoms with Crippen molar-refractivity contribution >= 4 is 0 Å². The fourth-order valence-corrected chi connectivity index (χ4v) is 1.10. The van der Waals surface area contributed by atoms with Crippen molar-refractivity contribution in [3.05, 3.63) is 35.8 Å². The van der Waals surface area contributed by atoms with Gasteiger partial charge in [-0.3, -0.25) is 0 Å². The molecule has 0 aromatic heterocycles. The average molecular weight is 135 g/mol. The minimum atomic E-state index is 0.699. The van der Waals surface area contributed by atoms with E-state index in [0.29, 0.717) is 6.61 Å². The summed E-state index contributed by atoms with van der Waals surface area (Å²) in [5, 5.41) is 3.20. The van der Waals surface area contributed by atoms with Gasteiger partial charge < -0.3 is 10.1 Å². The zero-order valence-electron chi connectivity index (χ0n) is 5.63. The number of hydrogen-bond acceptors (Lipinski definition) is 2. The fraction of sp³-hybridized carbons (Fsp3) is 0.250. The molecule has 0 atom stereocenters. The number of hydrogen-bond donors (Lipinski definition) is 1. The number of nitrogens with one attached hydrogen (secondary N) is 1. The summed E-state index contributed by atoms with van der Waals surface area (Å²) in [7, 11) is 0. The molecule has 0 saturated carbocycles. The summed E-state index contributed by atoms with van der Waals surface area (Å²) in [6.07, 6.45) is 8.07. The lowest BCUT2D eigenvalue weighted by molar-refractivity contribution is 0.278. The maximum Gasteiger partial charge on any atom is 0.107 e. The predicted molar refractivity (Wildman–Crippen MR) is 39.3 cm³/mol. The third-order valence-corrected chi connectivity index (χ3v) is 1.62. The van der Waals surface area contributed by atoms with E-state index in [4.69, 9.17) is 4.74 Å². The molecule has 0 radical (unpaired) electrons. The molecule has 0 aromatic rings. The fourth-order valence-electron chi connectivity index (χ4n) is 1.10. The van der Waals surface area contributed by atoms with E-state index in [1.807, 2.05) is 0 Å². The molecule has 2 heteroatoms. The van der Waals surface area contributed by atoms with Crippen LogP contribution < -0.4 is 5.32 Å². The highest BCUT2D eigenvalue weighted by molar-refractivity contribution is 5.41. The third-order valence-electron chi connectivity index (χ3n) is 1.62. The molecule has 0 fully saturated rings. The van der Waals surface area contributed by atoms with E-state index in [0.717, 1.165) is 12.2 Å². The van der Waals surface area contributed by atoms with E-state index in [9.17, 15) is 0 Å².